The number of Topliss-reactive ketones (excluding diaryl/α,β-unsaturated/α-hetero) is 1. The van der Waals surface area contributed by atoms with Crippen molar-refractivity contribution < 1.29 is 9.22 Å². The molecule has 0 aromatic heterocycles. The van der Waals surface area contributed by atoms with Gasteiger partial charge in [0.15, 0.2) is 5.78 Å². The van der Waals surface area contributed by atoms with Crippen LogP contribution >= 0.6 is 0 Å². The van der Waals surface area contributed by atoms with Crippen LogP contribution in [0.25, 0.3) is 0 Å². The SMILES string of the molecule is CC(C)(C)[Si](C)(C)OC1=CC=C2C(=O)CCCC2C1. The number of carbonyl (C=O) groups is 1. The maximum atomic E-state index is 11.8. The Kier molecular flexibility index (Phi) is 3.78. The van der Waals surface area contributed by atoms with E-state index in [1.165, 1.54) is 0 Å². The Balaban J connectivity index is 2.14. The monoisotopic (exact) mass is 278 g/mol. The van der Waals surface area contributed by atoms with Crippen LogP contribution in [-0.2, 0) is 9.22 Å². The highest BCUT2D eigenvalue weighted by Crippen LogP contribution is 2.41. The number of allylic oxidation sites excluding steroid dienone is 4. The standard InChI is InChI=1S/C16H26O2Si/c1-16(2,3)19(4,5)18-13-9-10-14-12(11-13)7-6-8-15(14)17/h9-10,12H,6-8,11H2,1-5H3. The molecule has 1 unspecified atom stereocenters. The summed E-state index contributed by atoms with van der Waals surface area (Å²) in [5, 5.41) is 0.222. The summed E-state index contributed by atoms with van der Waals surface area (Å²) in [6.45, 7) is 11.3. The molecule has 2 nitrogen and oxygen atoms in total. The van der Waals surface area contributed by atoms with Crippen molar-refractivity contribution in [2.75, 3.05) is 0 Å². The van der Waals surface area contributed by atoms with E-state index in [2.05, 4.69) is 33.9 Å². The largest absolute Gasteiger partial charge is 0.546 e. The third kappa shape index (κ3) is 3.02. The van der Waals surface area contributed by atoms with Crippen LogP contribution in [0.4, 0.5) is 0 Å². The zero-order valence-corrected chi connectivity index (χ0v) is 13.9. The Labute approximate surface area is 118 Å². The van der Waals surface area contributed by atoms with Gasteiger partial charge in [0.2, 0.25) is 8.32 Å². The van der Waals surface area contributed by atoms with Gasteiger partial charge < -0.3 is 4.43 Å². The maximum absolute atomic E-state index is 11.8. The summed E-state index contributed by atoms with van der Waals surface area (Å²) < 4.78 is 6.37. The Bertz CT molecular complexity index is 438. The first-order chi connectivity index (χ1) is 8.71. The van der Waals surface area contributed by atoms with E-state index >= 15 is 0 Å². The fourth-order valence-electron chi connectivity index (χ4n) is 2.53. The molecular weight excluding hydrogens is 252 g/mol. The van der Waals surface area contributed by atoms with Gasteiger partial charge in [0.25, 0.3) is 0 Å². The molecule has 2 aliphatic carbocycles. The van der Waals surface area contributed by atoms with Gasteiger partial charge in [-0.05, 0) is 48.5 Å². The zero-order chi connectivity index (χ0) is 14.3. The van der Waals surface area contributed by atoms with Crippen LogP contribution in [0.5, 0.6) is 0 Å². The van der Waals surface area contributed by atoms with Crippen LogP contribution < -0.4 is 0 Å². The summed E-state index contributed by atoms with van der Waals surface area (Å²) in [6, 6.07) is 0. The van der Waals surface area contributed by atoms with Crippen molar-refractivity contribution in [3.05, 3.63) is 23.5 Å². The van der Waals surface area contributed by atoms with Crippen molar-refractivity contribution >= 4 is 14.1 Å². The van der Waals surface area contributed by atoms with E-state index < -0.39 is 8.32 Å². The predicted octanol–water partition coefficient (Wildman–Crippen LogP) is 4.59. The molecule has 0 amide bonds. The maximum Gasteiger partial charge on any atom is 0.250 e. The van der Waals surface area contributed by atoms with E-state index in [0.717, 1.165) is 37.0 Å². The molecule has 0 bridgehead atoms. The number of hydrogen-bond acceptors (Lipinski definition) is 2. The van der Waals surface area contributed by atoms with E-state index in [1.807, 2.05) is 12.2 Å². The number of hydrogen-bond donors (Lipinski definition) is 0. The molecule has 0 aliphatic heterocycles. The quantitative estimate of drug-likeness (QED) is 0.690. The minimum absolute atomic E-state index is 0.222. The molecule has 0 aromatic carbocycles. The van der Waals surface area contributed by atoms with Gasteiger partial charge >= 0.3 is 0 Å². The summed E-state index contributed by atoms with van der Waals surface area (Å²) in [4.78, 5) is 11.8. The molecule has 0 aromatic rings. The Hall–Kier alpha value is -0.833. The van der Waals surface area contributed by atoms with Gasteiger partial charge in [-0.3, -0.25) is 4.79 Å². The Morgan fingerprint density at radius 2 is 1.95 bits per heavy atom. The highest BCUT2D eigenvalue weighted by atomic mass is 28.4. The second-order valence-electron chi connectivity index (χ2n) is 7.33. The highest BCUT2D eigenvalue weighted by molar-refractivity contribution is 6.74. The van der Waals surface area contributed by atoms with Gasteiger partial charge in [0, 0.05) is 12.8 Å². The normalized spacial score (nSPS) is 24.5. The molecule has 19 heavy (non-hydrogen) atoms. The number of ketones is 1. The van der Waals surface area contributed by atoms with Crippen LogP contribution in [0.3, 0.4) is 0 Å². The van der Waals surface area contributed by atoms with Crippen molar-refractivity contribution in [3.8, 4) is 0 Å². The van der Waals surface area contributed by atoms with Crippen molar-refractivity contribution in [1.82, 2.24) is 0 Å². The van der Waals surface area contributed by atoms with Crippen molar-refractivity contribution in [3.63, 3.8) is 0 Å². The van der Waals surface area contributed by atoms with Crippen LogP contribution in [-0.4, -0.2) is 14.1 Å². The van der Waals surface area contributed by atoms with Crippen LogP contribution in [0, 0.1) is 5.92 Å². The lowest BCUT2D eigenvalue weighted by molar-refractivity contribution is -0.117. The van der Waals surface area contributed by atoms with E-state index in [0.29, 0.717) is 11.7 Å². The van der Waals surface area contributed by atoms with E-state index in [-0.39, 0.29) is 5.04 Å². The molecule has 1 atom stereocenters. The van der Waals surface area contributed by atoms with Crippen molar-refractivity contribution in [1.29, 1.82) is 0 Å². The molecule has 0 radical (unpaired) electrons. The molecule has 0 spiro atoms. The molecule has 106 valence electrons. The van der Waals surface area contributed by atoms with Gasteiger partial charge in [0.05, 0.1) is 5.76 Å². The first kappa shape index (κ1) is 14.6. The fraction of sp³-hybridized carbons (Fsp3) is 0.688. The molecule has 1 fully saturated rings. The second kappa shape index (κ2) is 4.93. The van der Waals surface area contributed by atoms with Gasteiger partial charge in [-0.15, -0.1) is 0 Å². The lowest BCUT2D eigenvalue weighted by Gasteiger charge is -2.39. The number of fused-ring (bicyclic) bond motifs is 1. The molecule has 1 saturated carbocycles. The Morgan fingerprint density at radius 1 is 1.26 bits per heavy atom. The molecule has 0 N–H and O–H groups in total. The Morgan fingerprint density at radius 3 is 2.58 bits per heavy atom. The van der Waals surface area contributed by atoms with Gasteiger partial charge in [-0.25, -0.2) is 0 Å². The zero-order valence-electron chi connectivity index (χ0n) is 12.9. The summed E-state index contributed by atoms with van der Waals surface area (Å²) in [6.07, 6.45) is 7.87. The molecular formula is C16H26O2Si. The van der Waals surface area contributed by atoms with E-state index in [1.54, 1.807) is 0 Å². The first-order valence-corrected chi connectivity index (χ1v) is 10.2. The predicted molar refractivity (Wildman–Crippen MR) is 81.4 cm³/mol. The molecule has 2 rings (SSSR count). The van der Waals surface area contributed by atoms with Crippen LogP contribution in [0.2, 0.25) is 18.1 Å². The fourth-order valence-corrected chi connectivity index (χ4v) is 3.64. The second-order valence-corrected chi connectivity index (χ2v) is 12.1. The minimum atomic E-state index is -1.75. The van der Waals surface area contributed by atoms with E-state index in [9.17, 15) is 4.79 Å². The van der Waals surface area contributed by atoms with Crippen molar-refractivity contribution in [2.45, 2.75) is 64.6 Å². The summed E-state index contributed by atoms with van der Waals surface area (Å²) >= 11 is 0. The average Bonchev–Trinajstić information content (AvgIpc) is 2.27. The lowest BCUT2D eigenvalue weighted by atomic mass is 9.79. The highest BCUT2D eigenvalue weighted by Gasteiger charge is 2.40. The number of carbonyl (C=O) groups excluding carboxylic acids is 1. The third-order valence-corrected chi connectivity index (χ3v) is 9.19. The number of rotatable bonds is 2. The topological polar surface area (TPSA) is 26.3 Å². The molecule has 3 heteroatoms. The first-order valence-electron chi connectivity index (χ1n) is 7.34. The van der Waals surface area contributed by atoms with Crippen molar-refractivity contribution in [2.24, 2.45) is 5.92 Å². The molecule has 0 saturated heterocycles. The van der Waals surface area contributed by atoms with Crippen LogP contribution in [0.15, 0.2) is 23.5 Å². The lowest BCUT2D eigenvalue weighted by Crippen LogP contribution is -2.41. The molecule has 2 aliphatic rings. The molecule has 0 heterocycles. The average molecular weight is 278 g/mol. The minimum Gasteiger partial charge on any atom is -0.546 e. The van der Waals surface area contributed by atoms with Gasteiger partial charge in [0.1, 0.15) is 0 Å². The summed E-state index contributed by atoms with van der Waals surface area (Å²) in [5.74, 6) is 1.85. The van der Waals surface area contributed by atoms with Crippen LogP contribution in [0.1, 0.15) is 46.5 Å². The third-order valence-electron chi connectivity index (χ3n) is 4.81. The van der Waals surface area contributed by atoms with Gasteiger partial charge in [-0.1, -0.05) is 26.8 Å². The smallest absolute Gasteiger partial charge is 0.250 e. The van der Waals surface area contributed by atoms with E-state index in [4.69, 9.17) is 4.43 Å². The summed E-state index contributed by atoms with van der Waals surface area (Å²) in [5.41, 5.74) is 1.04. The summed E-state index contributed by atoms with van der Waals surface area (Å²) in [7, 11) is -1.75. The van der Waals surface area contributed by atoms with Gasteiger partial charge in [-0.2, -0.15) is 0 Å².